The van der Waals surface area contributed by atoms with Gasteiger partial charge in [0.05, 0.1) is 66.2 Å². The molecule has 0 bridgehead atoms. The Kier molecular flexibility index (Phi) is 26.0. The largest absolute Gasteiger partial charge is 0.494 e. The number of nitrogens with zero attached hydrogens (tertiary/aromatic N) is 9. The van der Waals surface area contributed by atoms with Crippen molar-refractivity contribution in [1.29, 1.82) is 0 Å². The Hall–Kier alpha value is -10.8. The Bertz CT molecular complexity index is 4640. The van der Waals surface area contributed by atoms with E-state index < -0.39 is 23.9 Å². The van der Waals surface area contributed by atoms with Crippen LogP contribution in [0.25, 0.3) is 22.1 Å². The number of aliphatic hydroxyl groups is 2. The molecule has 7 amide bonds. The van der Waals surface area contributed by atoms with Gasteiger partial charge in [0.2, 0.25) is 17.7 Å². The van der Waals surface area contributed by atoms with Gasteiger partial charge in [-0.1, -0.05) is 144 Å². The van der Waals surface area contributed by atoms with Crippen molar-refractivity contribution in [2.75, 3.05) is 68.1 Å². The minimum absolute atomic E-state index is 0.0467. The highest BCUT2D eigenvalue weighted by Crippen LogP contribution is 2.34. The number of aliphatic hydroxyl groups excluding tert-OH is 2. The van der Waals surface area contributed by atoms with Crippen LogP contribution < -0.4 is 20.3 Å². The molecular formula is C86H101N11O10. The number of fused-ring (bicyclic) bond motifs is 3. The molecule has 21 nitrogen and oxygen atoms in total. The topological polar surface area (TPSA) is 245 Å². The van der Waals surface area contributed by atoms with Crippen molar-refractivity contribution in [3.05, 3.63) is 226 Å². The third-order valence-electron chi connectivity index (χ3n) is 20.6. The monoisotopic (exact) mass is 1450 g/mol. The molecule has 9 aromatic rings. The van der Waals surface area contributed by atoms with Crippen molar-refractivity contribution >= 4 is 69.2 Å². The summed E-state index contributed by atoms with van der Waals surface area (Å²) >= 11 is 0. The number of hydrogen-bond acceptors (Lipinski definition) is 12. The summed E-state index contributed by atoms with van der Waals surface area (Å²) < 4.78 is 8.79. The molecule has 4 N–H and O–H groups in total. The number of aromatic nitrogens is 4. The van der Waals surface area contributed by atoms with Crippen LogP contribution in [-0.4, -0.2) is 155 Å². The Labute approximate surface area is 627 Å². The van der Waals surface area contributed by atoms with Crippen LogP contribution in [0, 0.1) is 19.8 Å². The molecule has 0 radical (unpaired) electrons. The van der Waals surface area contributed by atoms with Gasteiger partial charge in [0.25, 0.3) is 23.6 Å². The van der Waals surface area contributed by atoms with Crippen LogP contribution in [0.5, 0.6) is 5.75 Å². The van der Waals surface area contributed by atoms with Crippen LogP contribution in [0.1, 0.15) is 186 Å². The Morgan fingerprint density at radius 3 is 1.46 bits per heavy atom. The second-order valence-corrected chi connectivity index (χ2v) is 28.3. The summed E-state index contributed by atoms with van der Waals surface area (Å²) in [5.74, 6) is -1.97. The second kappa shape index (κ2) is 36.0. The van der Waals surface area contributed by atoms with Crippen LogP contribution in [0.4, 0.5) is 17.1 Å². The van der Waals surface area contributed by atoms with Crippen LogP contribution >= 0.6 is 0 Å². The predicted molar refractivity (Wildman–Crippen MR) is 418 cm³/mol. The van der Waals surface area contributed by atoms with Gasteiger partial charge in [-0.05, 0) is 178 Å². The number of ether oxygens (including phenoxy) is 1. The zero-order valence-electron chi connectivity index (χ0n) is 62.9. The van der Waals surface area contributed by atoms with Gasteiger partial charge in [0.15, 0.2) is 11.4 Å². The fourth-order valence-corrected chi connectivity index (χ4v) is 14.4. The summed E-state index contributed by atoms with van der Waals surface area (Å²) in [5, 5.41) is 38.6. The molecule has 0 spiro atoms. The van der Waals surface area contributed by atoms with E-state index in [2.05, 4.69) is 38.3 Å². The first kappa shape index (κ1) is 77.3. The van der Waals surface area contributed by atoms with Gasteiger partial charge in [-0.2, -0.15) is 10.2 Å². The van der Waals surface area contributed by atoms with Crippen LogP contribution in [0.15, 0.2) is 164 Å². The third-order valence-corrected chi connectivity index (χ3v) is 20.6. The number of carbonyl (C=O) groups is 7. The zero-order chi connectivity index (χ0) is 75.8. The predicted octanol–water partition coefficient (Wildman–Crippen LogP) is 13.9. The Morgan fingerprint density at radius 1 is 0.533 bits per heavy atom. The summed E-state index contributed by atoms with van der Waals surface area (Å²) in [6.45, 7) is 19.5. The number of unbranched alkanes of at least 4 members (excludes halogenated alkanes) is 4. The molecule has 3 aliphatic heterocycles. The van der Waals surface area contributed by atoms with E-state index in [1.807, 2.05) is 141 Å². The molecule has 2 unspecified atom stereocenters. The highest BCUT2D eigenvalue weighted by Gasteiger charge is 2.38. The minimum atomic E-state index is -0.611. The molecule has 7 aromatic carbocycles. The van der Waals surface area contributed by atoms with Gasteiger partial charge in [-0.25, -0.2) is 9.36 Å². The molecule has 0 aliphatic carbocycles. The normalized spacial score (nSPS) is 15.6. The standard InChI is InChI=1S/C43H52N6O6.C43H49N5O4/c1-5-8-20-46(21-9-6-2)43(54)38-22-29(4)49(45-38)39-19-14-33(25-37(39)42(53)48-26-31-13-11-10-12-30(31)23-35(48)28-50)44-41(52)32-24-40(51)47(27-32)34-15-17-36(18-16-34)55-7-3;1-5-7-21-46(22-8-6-2)43(52)39-23-29(3)48(45-39)40-20-19-36(44-41(50)30(4)32-18-17-31-13-9-10-14-33(31)24-32)26-38(40)42(51)47-27-35-16-12-11-15-34(35)25-37(47)28-49/h10-19,22,25,32,35,50H,5-9,20-21,23-24,26-28H2,1-4H3,(H,44,52);9-20,23-24,26,30,37,49H,5-8,21-22,25,27-28H2,1-4H3,(H,44,50)/t32?,35-;30?,37-/m00/s1. The third kappa shape index (κ3) is 18.0. The van der Waals surface area contributed by atoms with E-state index in [0.717, 1.165) is 90.0 Å². The molecule has 3 aliphatic rings. The summed E-state index contributed by atoms with van der Waals surface area (Å²) in [6.07, 6.45) is 8.55. The highest BCUT2D eigenvalue weighted by atomic mass is 16.5. The SMILES string of the molecule is CCCCN(CCCC)C(=O)c1cc(C)n(-c2ccc(NC(=O)C(C)c3ccc4ccccc4c3)cc2C(=O)N2Cc3ccccc3C[C@H]2CO)n1.CCCCN(CCCC)C(=O)c1cc(C)n(-c2ccc(NC(=O)C3CC(=O)N(c4ccc(OCC)cc4)C3)cc2C(=O)N2Cc3ccccc3C[C@H]2CO)n1. The Balaban J connectivity index is 0.000000214. The fraction of sp³-hybridized carbons (Fsp3) is 0.384. The van der Waals surface area contributed by atoms with Gasteiger partial charge in [-0.15, -0.1) is 0 Å². The van der Waals surface area contributed by atoms with Crippen molar-refractivity contribution in [2.24, 2.45) is 5.92 Å². The Morgan fingerprint density at radius 2 is 0.991 bits per heavy atom. The number of aryl methyl sites for hydroxylation is 2. The summed E-state index contributed by atoms with van der Waals surface area (Å²) in [6, 6.07) is 50.1. The first-order chi connectivity index (χ1) is 51.9. The average molecular weight is 1450 g/mol. The van der Waals surface area contributed by atoms with Gasteiger partial charge >= 0.3 is 0 Å². The van der Waals surface area contributed by atoms with Crippen molar-refractivity contribution in [1.82, 2.24) is 39.2 Å². The van der Waals surface area contributed by atoms with E-state index in [-0.39, 0.29) is 73.1 Å². The average Bonchev–Trinajstić information content (AvgIpc) is 1.76. The molecule has 5 heterocycles. The number of anilines is 3. The fourth-order valence-electron chi connectivity index (χ4n) is 14.4. The smallest absolute Gasteiger partial charge is 0.274 e. The maximum absolute atomic E-state index is 14.7. The molecule has 2 aromatic heterocycles. The van der Waals surface area contributed by atoms with Crippen molar-refractivity contribution in [3.8, 4) is 17.1 Å². The van der Waals surface area contributed by atoms with Gasteiger partial charge < -0.3 is 50.1 Å². The van der Waals surface area contributed by atoms with E-state index in [1.54, 1.807) is 84.7 Å². The van der Waals surface area contributed by atoms with Gasteiger partial charge in [0.1, 0.15) is 5.75 Å². The van der Waals surface area contributed by atoms with Crippen molar-refractivity contribution < 1.29 is 48.5 Å². The quantitative estimate of drug-likeness (QED) is 0.0358. The molecule has 107 heavy (non-hydrogen) atoms. The van der Waals surface area contributed by atoms with E-state index in [9.17, 15) is 43.8 Å². The molecule has 12 rings (SSSR count). The van der Waals surface area contributed by atoms with Crippen molar-refractivity contribution in [2.45, 2.75) is 157 Å². The minimum Gasteiger partial charge on any atom is -0.494 e. The molecule has 21 heteroatoms. The van der Waals surface area contributed by atoms with Gasteiger partial charge in [-0.3, -0.25) is 33.6 Å². The molecule has 1 fully saturated rings. The first-order valence-corrected chi connectivity index (χ1v) is 38.0. The van der Waals surface area contributed by atoms with E-state index in [0.29, 0.717) is 121 Å². The summed E-state index contributed by atoms with van der Waals surface area (Å²) in [4.78, 5) is 106. The number of nitrogens with one attached hydrogen (secondary N) is 2. The lowest BCUT2D eigenvalue weighted by Crippen LogP contribution is -2.46. The molecule has 0 saturated carbocycles. The zero-order valence-corrected chi connectivity index (χ0v) is 62.9. The number of hydrogen-bond donors (Lipinski definition) is 4. The number of amides is 7. The van der Waals surface area contributed by atoms with E-state index >= 15 is 0 Å². The maximum Gasteiger partial charge on any atom is 0.274 e. The molecule has 560 valence electrons. The van der Waals surface area contributed by atoms with Crippen molar-refractivity contribution in [3.63, 3.8) is 0 Å². The van der Waals surface area contributed by atoms with E-state index in [4.69, 9.17) is 14.9 Å². The summed E-state index contributed by atoms with van der Waals surface area (Å²) in [7, 11) is 0. The number of benzene rings is 7. The van der Waals surface area contributed by atoms with Crippen LogP contribution in [-0.2, 0) is 40.3 Å². The first-order valence-electron chi connectivity index (χ1n) is 38.0. The molecular weight excluding hydrogens is 1350 g/mol. The molecule has 4 atom stereocenters. The lowest BCUT2D eigenvalue weighted by atomic mass is 9.93. The van der Waals surface area contributed by atoms with Gasteiger partial charge in [0, 0.05) is 80.7 Å². The number of rotatable bonds is 28. The van der Waals surface area contributed by atoms with Crippen LogP contribution in [0.3, 0.4) is 0 Å². The summed E-state index contributed by atoms with van der Waals surface area (Å²) in [5.41, 5.74) is 10.1. The molecule has 1 saturated heterocycles. The van der Waals surface area contributed by atoms with Crippen LogP contribution in [0.2, 0.25) is 0 Å². The maximum atomic E-state index is 14.7. The van der Waals surface area contributed by atoms with E-state index in [1.165, 1.54) is 0 Å². The lowest BCUT2D eigenvalue weighted by Gasteiger charge is -2.36. The number of carbonyl (C=O) groups excluding carboxylic acids is 7. The highest BCUT2D eigenvalue weighted by molar-refractivity contribution is 6.06. The lowest BCUT2D eigenvalue weighted by molar-refractivity contribution is -0.122. The second-order valence-electron chi connectivity index (χ2n) is 28.3.